The van der Waals surface area contributed by atoms with E-state index in [0.717, 1.165) is 29.9 Å². The molecule has 2 atom stereocenters. The van der Waals surface area contributed by atoms with Crippen molar-refractivity contribution in [2.45, 2.75) is 32.4 Å². The lowest BCUT2D eigenvalue weighted by Crippen LogP contribution is -2.55. The predicted molar refractivity (Wildman–Crippen MR) is 122 cm³/mol. The van der Waals surface area contributed by atoms with Crippen LogP contribution in [0.25, 0.3) is 16.9 Å². The quantitative estimate of drug-likeness (QED) is 0.645. The van der Waals surface area contributed by atoms with Crippen molar-refractivity contribution in [3.8, 4) is 16.9 Å². The van der Waals surface area contributed by atoms with E-state index in [0.29, 0.717) is 18.8 Å². The Hall–Kier alpha value is -3.03. The minimum Gasteiger partial charge on any atom is -0.392 e. The van der Waals surface area contributed by atoms with E-state index in [1.54, 1.807) is 23.7 Å². The summed E-state index contributed by atoms with van der Waals surface area (Å²) in [6.07, 6.45) is 1.73. The molecule has 1 aliphatic rings. The Labute approximate surface area is 187 Å². The number of carbonyl (C=O) groups excluding carboxylic acids is 1. The summed E-state index contributed by atoms with van der Waals surface area (Å²) in [5, 5.41) is 14.4. The van der Waals surface area contributed by atoms with Crippen molar-refractivity contribution in [3.63, 3.8) is 0 Å². The van der Waals surface area contributed by atoms with Crippen LogP contribution in [0.2, 0.25) is 0 Å². The van der Waals surface area contributed by atoms with E-state index in [9.17, 15) is 14.3 Å². The molecule has 1 fully saturated rings. The van der Waals surface area contributed by atoms with Crippen molar-refractivity contribution >= 4 is 5.91 Å². The lowest BCUT2D eigenvalue weighted by Gasteiger charge is -2.40. The first-order chi connectivity index (χ1) is 15.4. The number of hydrogen-bond acceptors (Lipinski definition) is 4. The van der Waals surface area contributed by atoms with Gasteiger partial charge in [0.25, 0.3) is 0 Å². The van der Waals surface area contributed by atoms with Gasteiger partial charge in [-0.25, -0.2) is 9.07 Å². The molecule has 168 valence electrons. The van der Waals surface area contributed by atoms with Gasteiger partial charge < -0.3 is 10.0 Å². The summed E-state index contributed by atoms with van der Waals surface area (Å²) in [6, 6.07) is 16.0. The molecular weight excluding hydrogens is 407 g/mol. The normalized spacial score (nSPS) is 18.0. The van der Waals surface area contributed by atoms with Crippen molar-refractivity contribution in [1.82, 2.24) is 19.6 Å². The summed E-state index contributed by atoms with van der Waals surface area (Å²) in [6.45, 7) is 6.56. The third-order valence-electron chi connectivity index (χ3n) is 5.82. The van der Waals surface area contributed by atoms with Gasteiger partial charge in [-0.15, -0.1) is 0 Å². The van der Waals surface area contributed by atoms with E-state index in [4.69, 9.17) is 5.10 Å². The first-order valence-corrected chi connectivity index (χ1v) is 11.0. The number of rotatable bonds is 6. The molecule has 1 aliphatic heterocycles. The Morgan fingerprint density at radius 1 is 1.16 bits per heavy atom. The van der Waals surface area contributed by atoms with Gasteiger partial charge in [-0.3, -0.25) is 9.69 Å². The SMILES string of the molecule is CC(O)CN1CCN(C(=O)Cc2cn(-c3ccccc3)nc2-c2ccc(F)cc2)C(C)C1. The summed E-state index contributed by atoms with van der Waals surface area (Å²) in [7, 11) is 0. The van der Waals surface area contributed by atoms with Crippen molar-refractivity contribution in [2.24, 2.45) is 0 Å². The van der Waals surface area contributed by atoms with E-state index in [1.807, 2.05) is 48.4 Å². The summed E-state index contributed by atoms with van der Waals surface area (Å²) in [5.41, 5.74) is 3.17. The van der Waals surface area contributed by atoms with Gasteiger partial charge in [0, 0.05) is 49.5 Å². The van der Waals surface area contributed by atoms with Crippen molar-refractivity contribution in [1.29, 1.82) is 0 Å². The van der Waals surface area contributed by atoms with Gasteiger partial charge >= 0.3 is 0 Å². The molecule has 1 amide bonds. The number of β-amino-alcohol motifs (C(OH)–C–C–N with tert-alkyl or cyclic N) is 1. The molecule has 32 heavy (non-hydrogen) atoms. The number of aliphatic hydroxyl groups excluding tert-OH is 1. The maximum Gasteiger partial charge on any atom is 0.227 e. The molecule has 0 aliphatic carbocycles. The highest BCUT2D eigenvalue weighted by Crippen LogP contribution is 2.25. The van der Waals surface area contributed by atoms with Crippen LogP contribution in [0.1, 0.15) is 19.4 Å². The molecule has 0 radical (unpaired) electrons. The summed E-state index contributed by atoms with van der Waals surface area (Å²) in [5.74, 6) is -0.261. The van der Waals surface area contributed by atoms with E-state index < -0.39 is 0 Å². The highest BCUT2D eigenvalue weighted by molar-refractivity contribution is 5.81. The molecule has 1 N–H and O–H groups in total. The van der Waals surface area contributed by atoms with E-state index in [-0.39, 0.29) is 30.3 Å². The second-order valence-electron chi connectivity index (χ2n) is 8.51. The zero-order valence-corrected chi connectivity index (χ0v) is 18.5. The highest BCUT2D eigenvalue weighted by Gasteiger charge is 2.28. The van der Waals surface area contributed by atoms with Crippen molar-refractivity contribution in [3.05, 3.63) is 72.2 Å². The number of amides is 1. The number of aliphatic hydroxyl groups is 1. The maximum absolute atomic E-state index is 13.5. The molecule has 1 aromatic heterocycles. The van der Waals surface area contributed by atoms with Gasteiger partial charge in [-0.2, -0.15) is 5.10 Å². The van der Waals surface area contributed by atoms with Gasteiger partial charge in [0.1, 0.15) is 5.82 Å². The second-order valence-corrected chi connectivity index (χ2v) is 8.51. The molecule has 0 spiro atoms. The Bertz CT molecular complexity index is 1050. The molecule has 0 bridgehead atoms. The zero-order chi connectivity index (χ0) is 22.7. The third kappa shape index (κ3) is 5.06. The monoisotopic (exact) mass is 436 g/mol. The lowest BCUT2D eigenvalue weighted by molar-refractivity contribution is -0.135. The number of carbonyl (C=O) groups is 1. The van der Waals surface area contributed by atoms with Crippen LogP contribution >= 0.6 is 0 Å². The van der Waals surface area contributed by atoms with Crippen LogP contribution in [0.4, 0.5) is 4.39 Å². The number of piperazine rings is 1. The topological polar surface area (TPSA) is 61.6 Å². The number of para-hydroxylation sites is 1. The van der Waals surface area contributed by atoms with E-state index >= 15 is 0 Å². The fourth-order valence-electron chi connectivity index (χ4n) is 4.31. The van der Waals surface area contributed by atoms with Gasteiger partial charge in [-0.1, -0.05) is 18.2 Å². The fraction of sp³-hybridized carbons (Fsp3) is 0.360. The van der Waals surface area contributed by atoms with E-state index in [1.165, 1.54) is 12.1 Å². The Morgan fingerprint density at radius 3 is 2.53 bits per heavy atom. The van der Waals surface area contributed by atoms with Gasteiger partial charge in [0.05, 0.1) is 23.9 Å². The van der Waals surface area contributed by atoms with Gasteiger partial charge in [0.15, 0.2) is 0 Å². The second kappa shape index (κ2) is 9.63. The first kappa shape index (κ1) is 22.2. The Morgan fingerprint density at radius 2 is 1.88 bits per heavy atom. The fourth-order valence-corrected chi connectivity index (χ4v) is 4.31. The third-order valence-corrected chi connectivity index (χ3v) is 5.82. The van der Waals surface area contributed by atoms with Crippen LogP contribution in [0.15, 0.2) is 60.8 Å². The van der Waals surface area contributed by atoms with Crippen LogP contribution in [0.3, 0.4) is 0 Å². The maximum atomic E-state index is 13.5. The summed E-state index contributed by atoms with van der Waals surface area (Å²) >= 11 is 0. The number of nitrogens with zero attached hydrogens (tertiary/aromatic N) is 4. The molecule has 0 saturated carbocycles. The molecule has 2 aromatic carbocycles. The number of hydrogen-bond donors (Lipinski definition) is 1. The van der Waals surface area contributed by atoms with Gasteiger partial charge in [0.2, 0.25) is 5.91 Å². The smallest absolute Gasteiger partial charge is 0.227 e. The molecule has 3 aromatic rings. The molecule has 7 heteroatoms. The molecular formula is C25H29FN4O2. The first-order valence-electron chi connectivity index (χ1n) is 11.0. The zero-order valence-electron chi connectivity index (χ0n) is 18.5. The Kier molecular flexibility index (Phi) is 6.67. The van der Waals surface area contributed by atoms with Crippen LogP contribution in [0.5, 0.6) is 0 Å². The largest absolute Gasteiger partial charge is 0.392 e. The predicted octanol–water partition coefficient (Wildman–Crippen LogP) is 3.13. The average Bonchev–Trinajstić information content (AvgIpc) is 3.18. The molecule has 4 rings (SSSR count). The highest BCUT2D eigenvalue weighted by atomic mass is 19.1. The minimum atomic E-state index is -0.383. The van der Waals surface area contributed by atoms with Crippen LogP contribution < -0.4 is 0 Å². The molecule has 6 nitrogen and oxygen atoms in total. The van der Waals surface area contributed by atoms with Gasteiger partial charge in [-0.05, 0) is 50.2 Å². The number of benzene rings is 2. The van der Waals surface area contributed by atoms with Crippen molar-refractivity contribution in [2.75, 3.05) is 26.2 Å². The summed E-state index contributed by atoms with van der Waals surface area (Å²) in [4.78, 5) is 17.4. The standard InChI is InChI=1S/C25H29FN4O2/c1-18-15-28(16-19(2)31)12-13-29(18)24(32)14-21-17-30(23-6-4-3-5-7-23)27-25(21)20-8-10-22(26)11-9-20/h3-11,17-19,31H,12-16H2,1-2H3. The average molecular weight is 437 g/mol. The van der Waals surface area contributed by atoms with E-state index in [2.05, 4.69) is 4.90 Å². The van der Waals surface area contributed by atoms with Crippen LogP contribution in [-0.4, -0.2) is 68.9 Å². The Balaban J connectivity index is 1.57. The number of halogens is 1. The van der Waals surface area contributed by atoms with Crippen molar-refractivity contribution < 1.29 is 14.3 Å². The van der Waals surface area contributed by atoms with Crippen LogP contribution in [-0.2, 0) is 11.2 Å². The summed E-state index contributed by atoms with van der Waals surface area (Å²) < 4.78 is 15.2. The molecule has 2 unspecified atom stereocenters. The number of aromatic nitrogens is 2. The van der Waals surface area contributed by atoms with Crippen LogP contribution in [0, 0.1) is 5.82 Å². The molecule has 1 saturated heterocycles. The molecule has 2 heterocycles. The lowest BCUT2D eigenvalue weighted by atomic mass is 10.0. The minimum absolute atomic E-state index is 0.0465.